The van der Waals surface area contributed by atoms with Gasteiger partial charge in [-0.25, -0.2) is 0 Å². The van der Waals surface area contributed by atoms with Gasteiger partial charge < -0.3 is 0 Å². The molecule has 0 radical (unpaired) electrons. The summed E-state index contributed by atoms with van der Waals surface area (Å²) in [5, 5.41) is 0. The van der Waals surface area contributed by atoms with Gasteiger partial charge in [0.1, 0.15) is 0 Å². The summed E-state index contributed by atoms with van der Waals surface area (Å²) in [5.74, 6) is 0. The Kier molecular flexibility index (Phi) is 4.60. The molecule has 0 nitrogen and oxygen atoms in total. The summed E-state index contributed by atoms with van der Waals surface area (Å²) in [6.07, 6.45) is 5.25. The van der Waals surface area contributed by atoms with Gasteiger partial charge in [-0.05, 0) is 27.2 Å². The van der Waals surface area contributed by atoms with E-state index in [0.717, 1.165) is 6.42 Å². The van der Waals surface area contributed by atoms with E-state index in [9.17, 15) is 0 Å². The van der Waals surface area contributed by atoms with Crippen LogP contribution in [0.4, 0.5) is 0 Å². The van der Waals surface area contributed by atoms with Gasteiger partial charge in [-0.3, -0.25) is 0 Å². The molecular weight excluding hydrogens is 132 g/mol. The Morgan fingerprint density at radius 3 is 2.09 bits per heavy atom. The molecule has 0 aliphatic heterocycles. The lowest BCUT2D eigenvalue weighted by Crippen LogP contribution is -1.75. The fourth-order valence-electron chi connectivity index (χ4n) is 0.527. The average Bonchev–Trinajstić information content (AvgIpc) is 1.99. The Labute approximate surface area is 70.3 Å². The molecule has 0 aromatic carbocycles. The summed E-state index contributed by atoms with van der Waals surface area (Å²) in [6.45, 7) is 12.4. The first-order chi connectivity index (χ1) is 5.07. The van der Waals surface area contributed by atoms with Crippen LogP contribution in [0.15, 0.2) is 35.5 Å². The minimum atomic E-state index is 1.03. The van der Waals surface area contributed by atoms with Crippen molar-refractivity contribution in [3.63, 3.8) is 0 Å². The number of hydrogen-bond acceptors (Lipinski definition) is 0. The molecule has 0 saturated heterocycles. The molecule has 0 bridgehead atoms. The fourth-order valence-corrected chi connectivity index (χ4v) is 0.527. The predicted octanol–water partition coefficient (Wildman–Crippen LogP) is 3.87. The molecule has 62 valence electrons. The first kappa shape index (κ1) is 10.2. The highest BCUT2D eigenvalue weighted by Crippen LogP contribution is 2.06. The molecule has 0 unspecified atom stereocenters. The quantitative estimate of drug-likeness (QED) is 0.536. The molecule has 0 rings (SSSR count). The van der Waals surface area contributed by atoms with Crippen molar-refractivity contribution in [3.8, 4) is 0 Å². The highest BCUT2D eigenvalue weighted by molar-refractivity contribution is 5.27. The highest BCUT2D eigenvalue weighted by Gasteiger charge is 1.85. The number of hydrogen-bond donors (Lipinski definition) is 0. The van der Waals surface area contributed by atoms with Crippen LogP contribution in [-0.2, 0) is 0 Å². The normalized spacial score (nSPS) is 10.2. The van der Waals surface area contributed by atoms with Gasteiger partial charge in [-0.1, -0.05) is 42.4 Å². The molecule has 0 spiro atoms. The molecule has 0 heterocycles. The van der Waals surface area contributed by atoms with Crippen LogP contribution in [0.5, 0.6) is 0 Å². The predicted molar refractivity (Wildman–Crippen MR) is 52.6 cm³/mol. The molecule has 0 aromatic rings. The Hall–Kier alpha value is -0.780. The molecule has 0 heteroatoms. The van der Waals surface area contributed by atoms with Crippen LogP contribution >= 0.6 is 0 Å². The molecule has 11 heavy (non-hydrogen) atoms. The Morgan fingerprint density at radius 1 is 1.18 bits per heavy atom. The molecule has 0 fully saturated rings. The van der Waals surface area contributed by atoms with Crippen LogP contribution in [-0.4, -0.2) is 0 Å². The van der Waals surface area contributed by atoms with Gasteiger partial charge in [0.05, 0.1) is 0 Å². The Balaban J connectivity index is 4.15. The van der Waals surface area contributed by atoms with Gasteiger partial charge in [0.25, 0.3) is 0 Å². The van der Waals surface area contributed by atoms with E-state index < -0.39 is 0 Å². The SMILES string of the molecule is C=C(/C=C\C(C)=C(C)C)CC. The second-order valence-electron chi connectivity index (χ2n) is 3.03. The van der Waals surface area contributed by atoms with Crippen LogP contribution < -0.4 is 0 Å². The average molecular weight is 150 g/mol. The van der Waals surface area contributed by atoms with Crippen molar-refractivity contribution in [3.05, 3.63) is 35.5 Å². The first-order valence-corrected chi connectivity index (χ1v) is 4.07. The standard InChI is InChI=1S/C11H18/c1-6-10(4)7-8-11(5)9(2)3/h7-8H,4,6H2,1-3,5H3/b8-7-. The summed E-state index contributed by atoms with van der Waals surface area (Å²) >= 11 is 0. The maximum atomic E-state index is 3.90. The number of rotatable bonds is 3. The second-order valence-corrected chi connectivity index (χ2v) is 3.03. The second kappa shape index (κ2) is 4.95. The van der Waals surface area contributed by atoms with Gasteiger partial charge in [-0.15, -0.1) is 0 Å². The maximum absolute atomic E-state index is 3.90. The summed E-state index contributed by atoms with van der Waals surface area (Å²) in [7, 11) is 0. The minimum Gasteiger partial charge on any atom is -0.0958 e. The van der Waals surface area contributed by atoms with E-state index in [1.165, 1.54) is 16.7 Å². The van der Waals surface area contributed by atoms with Crippen molar-refractivity contribution in [1.29, 1.82) is 0 Å². The van der Waals surface area contributed by atoms with E-state index >= 15 is 0 Å². The molecule has 0 aliphatic carbocycles. The molecule has 0 N–H and O–H groups in total. The Bertz CT molecular complexity index is 188. The van der Waals surface area contributed by atoms with Crippen molar-refractivity contribution < 1.29 is 0 Å². The summed E-state index contributed by atoms with van der Waals surface area (Å²) < 4.78 is 0. The largest absolute Gasteiger partial charge is 0.0958 e. The van der Waals surface area contributed by atoms with Crippen LogP contribution in [0, 0.1) is 0 Å². The lowest BCUT2D eigenvalue weighted by atomic mass is 10.1. The van der Waals surface area contributed by atoms with Crippen LogP contribution in [0.25, 0.3) is 0 Å². The summed E-state index contributed by atoms with van der Waals surface area (Å²) in [4.78, 5) is 0. The van der Waals surface area contributed by atoms with Gasteiger partial charge in [0.2, 0.25) is 0 Å². The lowest BCUT2D eigenvalue weighted by molar-refractivity contribution is 1.16. The van der Waals surface area contributed by atoms with Crippen LogP contribution in [0.2, 0.25) is 0 Å². The van der Waals surface area contributed by atoms with Gasteiger partial charge in [0.15, 0.2) is 0 Å². The third-order valence-corrected chi connectivity index (χ3v) is 1.81. The van der Waals surface area contributed by atoms with Crippen molar-refractivity contribution in [2.45, 2.75) is 34.1 Å². The topological polar surface area (TPSA) is 0 Å². The lowest BCUT2D eigenvalue weighted by Gasteiger charge is -1.95. The van der Waals surface area contributed by atoms with E-state index in [4.69, 9.17) is 0 Å². The monoisotopic (exact) mass is 150 g/mol. The van der Waals surface area contributed by atoms with Gasteiger partial charge >= 0.3 is 0 Å². The Morgan fingerprint density at radius 2 is 1.73 bits per heavy atom. The molecule has 0 saturated carbocycles. The molecule has 0 atom stereocenters. The molecule has 0 amide bonds. The minimum absolute atomic E-state index is 1.03. The van der Waals surface area contributed by atoms with Gasteiger partial charge in [0, 0.05) is 0 Å². The van der Waals surface area contributed by atoms with Gasteiger partial charge in [-0.2, -0.15) is 0 Å². The smallest absolute Gasteiger partial charge is 0.0313 e. The molecule has 0 aromatic heterocycles. The zero-order valence-corrected chi connectivity index (χ0v) is 8.07. The van der Waals surface area contributed by atoms with E-state index in [1.807, 2.05) is 0 Å². The number of allylic oxidation sites excluding steroid dienone is 5. The van der Waals surface area contributed by atoms with Crippen LogP contribution in [0.3, 0.4) is 0 Å². The zero-order valence-electron chi connectivity index (χ0n) is 8.07. The van der Waals surface area contributed by atoms with Crippen molar-refractivity contribution in [2.75, 3.05) is 0 Å². The van der Waals surface area contributed by atoms with E-state index in [1.54, 1.807) is 0 Å². The van der Waals surface area contributed by atoms with E-state index in [2.05, 4.69) is 46.4 Å². The van der Waals surface area contributed by atoms with Crippen molar-refractivity contribution in [1.82, 2.24) is 0 Å². The van der Waals surface area contributed by atoms with Crippen LogP contribution in [0.1, 0.15) is 34.1 Å². The first-order valence-electron chi connectivity index (χ1n) is 4.07. The maximum Gasteiger partial charge on any atom is -0.0313 e. The highest BCUT2D eigenvalue weighted by atomic mass is 13.9. The fraction of sp³-hybridized carbons (Fsp3) is 0.455. The van der Waals surface area contributed by atoms with Crippen molar-refractivity contribution in [2.24, 2.45) is 0 Å². The zero-order chi connectivity index (χ0) is 8.85. The third-order valence-electron chi connectivity index (χ3n) is 1.81. The van der Waals surface area contributed by atoms with E-state index in [0.29, 0.717) is 0 Å². The summed E-state index contributed by atoms with van der Waals surface area (Å²) in [5.41, 5.74) is 3.88. The van der Waals surface area contributed by atoms with Crippen molar-refractivity contribution >= 4 is 0 Å². The molecule has 0 aliphatic rings. The third kappa shape index (κ3) is 4.60. The summed E-state index contributed by atoms with van der Waals surface area (Å²) in [6, 6.07) is 0. The van der Waals surface area contributed by atoms with E-state index in [-0.39, 0.29) is 0 Å². The molecular formula is C11H18.